The number of piperidine rings is 1. The summed E-state index contributed by atoms with van der Waals surface area (Å²) in [5, 5.41) is 2.99. The smallest absolute Gasteiger partial charge is 0.416 e. The lowest BCUT2D eigenvalue weighted by Crippen LogP contribution is -2.47. The number of benzene rings is 1. The van der Waals surface area contributed by atoms with Crippen molar-refractivity contribution in [3.8, 4) is 5.75 Å². The molecule has 1 aliphatic rings. The molecule has 1 aromatic carbocycles. The highest BCUT2D eigenvalue weighted by Gasteiger charge is 2.33. The van der Waals surface area contributed by atoms with E-state index in [4.69, 9.17) is 4.74 Å². The number of carbonyl (C=O) groups is 1. The van der Waals surface area contributed by atoms with E-state index in [2.05, 4.69) is 20.2 Å². The fourth-order valence-electron chi connectivity index (χ4n) is 4.30. The molecule has 0 spiro atoms. The van der Waals surface area contributed by atoms with Crippen LogP contribution in [0.15, 0.2) is 73.3 Å². The molecule has 1 amide bonds. The maximum Gasteiger partial charge on any atom is 0.416 e. The zero-order valence-electron chi connectivity index (χ0n) is 19.1. The second-order valence-corrected chi connectivity index (χ2v) is 8.76. The number of carbonyl (C=O) groups excluding carboxylic acids is 1. The first-order chi connectivity index (χ1) is 16.9. The van der Waals surface area contributed by atoms with E-state index < -0.39 is 11.7 Å². The highest BCUT2D eigenvalue weighted by molar-refractivity contribution is 5.79. The number of alkyl halides is 3. The van der Waals surface area contributed by atoms with E-state index in [0.29, 0.717) is 32.6 Å². The molecule has 3 heterocycles. The van der Waals surface area contributed by atoms with Crippen molar-refractivity contribution in [2.24, 2.45) is 11.8 Å². The van der Waals surface area contributed by atoms with Gasteiger partial charge in [-0.05, 0) is 53.9 Å². The van der Waals surface area contributed by atoms with Crippen molar-refractivity contribution in [3.63, 3.8) is 0 Å². The van der Waals surface area contributed by atoms with E-state index in [1.54, 1.807) is 24.8 Å². The van der Waals surface area contributed by atoms with Gasteiger partial charge in [0.1, 0.15) is 5.75 Å². The fraction of sp³-hybridized carbons (Fsp3) is 0.346. The highest BCUT2D eigenvalue weighted by atomic mass is 19.4. The molecule has 1 saturated heterocycles. The topological polar surface area (TPSA) is 67.3 Å². The van der Waals surface area contributed by atoms with Crippen LogP contribution in [0, 0.1) is 11.8 Å². The predicted octanol–water partition coefficient (Wildman–Crippen LogP) is 4.33. The van der Waals surface area contributed by atoms with Crippen molar-refractivity contribution >= 4 is 5.91 Å². The van der Waals surface area contributed by atoms with Crippen molar-refractivity contribution in [1.29, 1.82) is 0 Å². The van der Waals surface area contributed by atoms with Gasteiger partial charge in [-0.3, -0.25) is 19.7 Å². The van der Waals surface area contributed by atoms with E-state index in [1.165, 1.54) is 12.1 Å². The molecule has 0 saturated carbocycles. The minimum absolute atomic E-state index is 0.0192. The zero-order chi connectivity index (χ0) is 24.7. The van der Waals surface area contributed by atoms with E-state index in [1.807, 2.05) is 24.3 Å². The van der Waals surface area contributed by atoms with Gasteiger partial charge in [0.15, 0.2) is 0 Å². The Morgan fingerprint density at radius 3 is 2.60 bits per heavy atom. The molecular weight excluding hydrogens is 457 g/mol. The summed E-state index contributed by atoms with van der Waals surface area (Å²) in [6.45, 7) is 2.52. The van der Waals surface area contributed by atoms with Crippen molar-refractivity contribution < 1.29 is 22.7 Å². The van der Waals surface area contributed by atoms with Gasteiger partial charge in [0.05, 0.1) is 18.1 Å². The standard InChI is InChI=1S/C26H27F3N4O2/c27-26(28,29)23-4-1-5-24(12-23)35-18-21-11-22(25(34)32-14-20-3-2-8-31-13-20)17-33(16-21)15-19-6-9-30-10-7-19/h1-10,12-13,21-22H,11,14-18H2,(H,32,34)/t21-,22+/m0/s1. The molecule has 184 valence electrons. The zero-order valence-corrected chi connectivity index (χ0v) is 19.1. The van der Waals surface area contributed by atoms with Crippen LogP contribution in [0.25, 0.3) is 0 Å². The lowest BCUT2D eigenvalue weighted by Gasteiger charge is -2.37. The third-order valence-electron chi connectivity index (χ3n) is 5.98. The number of hydrogen-bond donors (Lipinski definition) is 1. The van der Waals surface area contributed by atoms with Crippen LogP contribution in [0.5, 0.6) is 5.75 Å². The van der Waals surface area contributed by atoms with Gasteiger partial charge in [0.25, 0.3) is 0 Å². The maximum atomic E-state index is 13.0. The van der Waals surface area contributed by atoms with Crippen molar-refractivity contribution in [3.05, 3.63) is 90.0 Å². The molecule has 0 aliphatic carbocycles. The van der Waals surface area contributed by atoms with Crippen molar-refractivity contribution in [1.82, 2.24) is 20.2 Å². The van der Waals surface area contributed by atoms with Crippen LogP contribution < -0.4 is 10.1 Å². The number of likely N-dealkylation sites (tertiary alicyclic amines) is 1. The first kappa shape index (κ1) is 24.7. The summed E-state index contributed by atoms with van der Waals surface area (Å²) in [5.41, 5.74) is 1.24. The molecule has 0 unspecified atom stereocenters. The second kappa shape index (κ2) is 11.3. The Hall–Kier alpha value is -3.46. The molecule has 1 aliphatic heterocycles. The molecular formula is C26H27F3N4O2. The average molecular weight is 485 g/mol. The molecule has 1 fully saturated rings. The largest absolute Gasteiger partial charge is 0.493 e. The SMILES string of the molecule is O=C(NCc1cccnc1)[C@@H]1C[C@H](COc2cccc(C(F)(F)F)c2)CN(Cc2ccncc2)C1. The number of rotatable bonds is 8. The summed E-state index contributed by atoms with van der Waals surface area (Å²) < 4.78 is 44.9. The highest BCUT2D eigenvalue weighted by Crippen LogP contribution is 2.32. The molecule has 3 aromatic rings. The molecule has 35 heavy (non-hydrogen) atoms. The third kappa shape index (κ3) is 7.26. The van der Waals surface area contributed by atoms with Crippen LogP contribution in [-0.2, 0) is 24.1 Å². The molecule has 0 radical (unpaired) electrons. The Kier molecular flexibility index (Phi) is 7.97. The van der Waals surface area contributed by atoms with Gasteiger partial charge in [0.2, 0.25) is 5.91 Å². The number of nitrogens with zero attached hydrogens (tertiary/aromatic N) is 3. The Morgan fingerprint density at radius 2 is 1.86 bits per heavy atom. The summed E-state index contributed by atoms with van der Waals surface area (Å²) >= 11 is 0. The van der Waals surface area contributed by atoms with Crippen LogP contribution in [0.2, 0.25) is 0 Å². The van der Waals surface area contributed by atoms with Crippen molar-refractivity contribution in [2.45, 2.75) is 25.7 Å². The summed E-state index contributed by atoms with van der Waals surface area (Å²) in [7, 11) is 0. The van der Waals surface area contributed by atoms with Gasteiger partial charge in [-0.1, -0.05) is 12.1 Å². The van der Waals surface area contributed by atoms with Crippen LogP contribution in [0.4, 0.5) is 13.2 Å². The van der Waals surface area contributed by atoms with Crippen LogP contribution in [0.3, 0.4) is 0 Å². The quantitative estimate of drug-likeness (QED) is 0.516. The number of ether oxygens (including phenoxy) is 1. The van der Waals surface area contributed by atoms with Crippen LogP contribution in [0.1, 0.15) is 23.1 Å². The Bertz CT molecular complexity index is 1100. The second-order valence-electron chi connectivity index (χ2n) is 8.76. The number of hydrogen-bond acceptors (Lipinski definition) is 5. The van der Waals surface area contributed by atoms with Gasteiger partial charge in [0, 0.05) is 56.9 Å². The fourth-order valence-corrected chi connectivity index (χ4v) is 4.30. The lowest BCUT2D eigenvalue weighted by atomic mass is 9.88. The minimum Gasteiger partial charge on any atom is -0.493 e. The lowest BCUT2D eigenvalue weighted by molar-refractivity contribution is -0.137. The number of amides is 1. The molecule has 6 nitrogen and oxygen atoms in total. The van der Waals surface area contributed by atoms with Crippen molar-refractivity contribution in [2.75, 3.05) is 19.7 Å². The monoisotopic (exact) mass is 484 g/mol. The number of nitrogens with one attached hydrogen (secondary N) is 1. The van der Waals surface area contributed by atoms with E-state index in [0.717, 1.165) is 23.3 Å². The Balaban J connectivity index is 1.41. The summed E-state index contributed by atoms with van der Waals surface area (Å²) in [4.78, 5) is 23.3. The summed E-state index contributed by atoms with van der Waals surface area (Å²) in [5.74, 6) is -0.173. The number of halogens is 3. The normalized spacial score (nSPS) is 18.7. The van der Waals surface area contributed by atoms with Gasteiger partial charge >= 0.3 is 6.18 Å². The Labute approximate surface area is 202 Å². The Morgan fingerprint density at radius 1 is 1.03 bits per heavy atom. The summed E-state index contributed by atoms with van der Waals surface area (Å²) in [6.07, 6.45) is 3.01. The van der Waals surface area contributed by atoms with Gasteiger partial charge in [-0.15, -0.1) is 0 Å². The number of aromatic nitrogens is 2. The van der Waals surface area contributed by atoms with E-state index in [-0.39, 0.29) is 30.1 Å². The minimum atomic E-state index is -4.43. The molecule has 1 N–H and O–H groups in total. The van der Waals surface area contributed by atoms with Gasteiger partial charge in [-0.25, -0.2) is 0 Å². The molecule has 2 atom stereocenters. The van der Waals surface area contributed by atoms with Crippen LogP contribution in [-0.4, -0.2) is 40.5 Å². The first-order valence-corrected chi connectivity index (χ1v) is 11.4. The van der Waals surface area contributed by atoms with Gasteiger partial charge in [-0.2, -0.15) is 13.2 Å². The molecule has 9 heteroatoms. The molecule has 2 aromatic heterocycles. The number of pyridine rings is 2. The summed E-state index contributed by atoms with van der Waals surface area (Å²) in [6, 6.07) is 12.5. The molecule has 4 rings (SSSR count). The average Bonchev–Trinajstić information content (AvgIpc) is 2.87. The van der Waals surface area contributed by atoms with E-state index >= 15 is 0 Å². The van der Waals surface area contributed by atoms with Gasteiger partial charge < -0.3 is 10.1 Å². The third-order valence-corrected chi connectivity index (χ3v) is 5.98. The van der Waals surface area contributed by atoms with Crippen LogP contribution >= 0.6 is 0 Å². The predicted molar refractivity (Wildman–Crippen MR) is 124 cm³/mol. The first-order valence-electron chi connectivity index (χ1n) is 11.4. The van der Waals surface area contributed by atoms with E-state index in [9.17, 15) is 18.0 Å². The molecule has 0 bridgehead atoms. The maximum absolute atomic E-state index is 13.0.